The molecule has 0 aliphatic carbocycles. The molecule has 0 aromatic carbocycles. The summed E-state index contributed by atoms with van der Waals surface area (Å²) in [6.45, 7) is 8.40. The van der Waals surface area contributed by atoms with Crippen LogP contribution in [0.3, 0.4) is 0 Å². The lowest BCUT2D eigenvalue weighted by Gasteiger charge is -2.23. The van der Waals surface area contributed by atoms with Gasteiger partial charge in [0, 0.05) is 13.1 Å². The molecule has 0 aliphatic rings. The number of aliphatic hydroxyl groups excluding tert-OH is 1. The van der Waals surface area contributed by atoms with E-state index in [1.54, 1.807) is 33.0 Å². The first-order valence-corrected chi connectivity index (χ1v) is 8.29. The fourth-order valence-electron chi connectivity index (χ4n) is 1.79. The molecule has 1 N–H and O–H groups in total. The van der Waals surface area contributed by atoms with Crippen LogP contribution in [0.5, 0.6) is 0 Å². The van der Waals surface area contributed by atoms with Gasteiger partial charge in [-0.1, -0.05) is 6.92 Å². The van der Waals surface area contributed by atoms with E-state index in [4.69, 9.17) is 5.11 Å². The van der Waals surface area contributed by atoms with Gasteiger partial charge < -0.3 is 10.0 Å². The van der Waals surface area contributed by atoms with E-state index in [0.29, 0.717) is 6.54 Å². The summed E-state index contributed by atoms with van der Waals surface area (Å²) >= 11 is 0. The molecule has 0 saturated heterocycles. The Morgan fingerprint density at radius 3 is 2.30 bits per heavy atom. The van der Waals surface area contributed by atoms with Gasteiger partial charge in [0.25, 0.3) is 0 Å². The third-order valence-corrected chi connectivity index (χ3v) is 5.44. The summed E-state index contributed by atoms with van der Waals surface area (Å²) in [5.74, 6) is 0. The van der Waals surface area contributed by atoms with E-state index in [-0.39, 0.29) is 11.6 Å². The van der Waals surface area contributed by atoms with Gasteiger partial charge in [0.15, 0.2) is 14.9 Å². The molecule has 0 atom stereocenters. The van der Waals surface area contributed by atoms with E-state index in [1.165, 1.54) is 6.07 Å². The van der Waals surface area contributed by atoms with E-state index in [2.05, 4.69) is 11.9 Å². The van der Waals surface area contributed by atoms with Gasteiger partial charge in [-0.15, -0.1) is 0 Å². The summed E-state index contributed by atoms with van der Waals surface area (Å²) in [7, 11) is -3.42. The van der Waals surface area contributed by atoms with Crippen LogP contribution >= 0.6 is 0 Å². The Balaban J connectivity index is 3.05. The van der Waals surface area contributed by atoms with Gasteiger partial charge in [0.1, 0.15) is 0 Å². The number of aliphatic hydroxyl groups is 1. The maximum atomic E-state index is 12.3. The van der Waals surface area contributed by atoms with Crippen LogP contribution in [0.1, 0.15) is 34.1 Å². The minimum atomic E-state index is -3.42. The van der Waals surface area contributed by atoms with Gasteiger partial charge in [-0.25, -0.2) is 13.4 Å². The van der Waals surface area contributed by atoms with Crippen molar-refractivity contribution in [1.29, 1.82) is 0 Å². The molecule has 1 aromatic rings. The smallest absolute Gasteiger partial charge is 0.200 e. The predicted molar refractivity (Wildman–Crippen MR) is 80.8 cm³/mol. The fourth-order valence-corrected chi connectivity index (χ4v) is 2.86. The molecule has 1 heterocycles. The Kier molecular flexibility index (Phi) is 5.53. The van der Waals surface area contributed by atoms with Crippen molar-refractivity contribution in [2.45, 2.75) is 43.9 Å². The quantitative estimate of drug-likeness (QED) is 0.868. The van der Waals surface area contributed by atoms with Crippen molar-refractivity contribution in [3.05, 3.63) is 18.3 Å². The molecule has 1 aromatic heterocycles. The summed E-state index contributed by atoms with van der Waals surface area (Å²) in [5.41, 5.74) is 0.828. The van der Waals surface area contributed by atoms with E-state index in [0.717, 1.165) is 18.7 Å². The maximum Gasteiger partial charge on any atom is 0.200 e. The SMILES string of the molecule is CCCN(CCO)c1ccc(S(=O)(=O)C(C)(C)C)nc1. The normalized spacial score (nSPS) is 12.4. The predicted octanol–water partition coefficient (Wildman–Crippen LogP) is 1.86. The van der Waals surface area contributed by atoms with Gasteiger partial charge in [0.2, 0.25) is 0 Å². The van der Waals surface area contributed by atoms with Crippen LogP contribution in [0.25, 0.3) is 0 Å². The standard InChI is InChI=1S/C14H24N2O3S/c1-5-8-16(9-10-17)12-6-7-13(15-11-12)20(18,19)14(2,3)4/h6-7,11,17H,5,8-10H2,1-4H3. The molecule has 0 fully saturated rings. The molecule has 0 saturated carbocycles. The van der Waals surface area contributed by atoms with Crippen molar-refractivity contribution in [2.24, 2.45) is 0 Å². The first-order valence-electron chi connectivity index (χ1n) is 6.80. The zero-order valence-electron chi connectivity index (χ0n) is 12.6. The highest BCUT2D eigenvalue weighted by atomic mass is 32.2. The second-order valence-corrected chi connectivity index (χ2v) is 8.33. The third-order valence-electron chi connectivity index (χ3n) is 3.03. The van der Waals surface area contributed by atoms with Gasteiger partial charge in [0.05, 0.1) is 23.2 Å². The summed E-state index contributed by atoms with van der Waals surface area (Å²) < 4.78 is 23.7. The first kappa shape index (κ1) is 16.9. The van der Waals surface area contributed by atoms with E-state index >= 15 is 0 Å². The molecule has 1 rings (SSSR count). The van der Waals surface area contributed by atoms with Crippen molar-refractivity contribution >= 4 is 15.5 Å². The topological polar surface area (TPSA) is 70.5 Å². The highest BCUT2D eigenvalue weighted by molar-refractivity contribution is 7.92. The monoisotopic (exact) mass is 300 g/mol. The largest absolute Gasteiger partial charge is 0.395 e. The summed E-state index contributed by atoms with van der Waals surface area (Å²) in [4.78, 5) is 6.08. The molecule has 0 amide bonds. The fraction of sp³-hybridized carbons (Fsp3) is 0.643. The van der Waals surface area contributed by atoms with Crippen molar-refractivity contribution in [1.82, 2.24) is 4.98 Å². The molecule has 5 nitrogen and oxygen atoms in total. The summed E-state index contributed by atoms with van der Waals surface area (Å²) in [5, 5.41) is 9.15. The van der Waals surface area contributed by atoms with E-state index < -0.39 is 14.6 Å². The molecule has 0 aliphatic heterocycles. The van der Waals surface area contributed by atoms with Crippen LogP contribution in [0, 0.1) is 0 Å². The molecule has 0 spiro atoms. The molecule has 0 bridgehead atoms. The second-order valence-electron chi connectivity index (χ2n) is 5.68. The zero-order chi connectivity index (χ0) is 15.4. The number of pyridine rings is 1. The zero-order valence-corrected chi connectivity index (χ0v) is 13.4. The Labute approximate surface area is 121 Å². The van der Waals surface area contributed by atoms with E-state index in [1.807, 2.05) is 4.90 Å². The lowest BCUT2D eigenvalue weighted by Crippen LogP contribution is -2.29. The van der Waals surface area contributed by atoms with Gasteiger partial charge in [-0.05, 0) is 39.3 Å². The van der Waals surface area contributed by atoms with E-state index in [9.17, 15) is 8.42 Å². The number of rotatable bonds is 6. The number of hydrogen-bond donors (Lipinski definition) is 1. The minimum Gasteiger partial charge on any atom is -0.395 e. The molecule has 0 radical (unpaired) electrons. The Morgan fingerprint density at radius 1 is 1.25 bits per heavy atom. The maximum absolute atomic E-state index is 12.3. The third kappa shape index (κ3) is 3.70. The number of sulfone groups is 1. The van der Waals surface area contributed by atoms with Gasteiger partial charge in [-0.3, -0.25) is 0 Å². The van der Waals surface area contributed by atoms with Crippen molar-refractivity contribution < 1.29 is 13.5 Å². The Bertz CT molecular complexity index is 512. The average molecular weight is 300 g/mol. The lowest BCUT2D eigenvalue weighted by atomic mass is 10.3. The van der Waals surface area contributed by atoms with Crippen LogP contribution in [0.15, 0.2) is 23.4 Å². The number of nitrogens with zero attached hydrogens (tertiary/aromatic N) is 2. The summed E-state index contributed by atoms with van der Waals surface area (Å²) in [6.07, 6.45) is 2.51. The second kappa shape index (κ2) is 6.54. The highest BCUT2D eigenvalue weighted by Crippen LogP contribution is 2.24. The van der Waals surface area contributed by atoms with Crippen LogP contribution < -0.4 is 4.90 Å². The molecule has 6 heteroatoms. The van der Waals surface area contributed by atoms with Crippen molar-refractivity contribution in [3.63, 3.8) is 0 Å². The minimum absolute atomic E-state index is 0.0576. The summed E-state index contributed by atoms with van der Waals surface area (Å²) in [6, 6.07) is 3.28. The van der Waals surface area contributed by atoms with Crippen molar-refractivity contribution in [2.75, 3.05) is 24.6 Å². The molecule has 0 unspecified atom stereocenters. The number of anilines is 1. The van der Waals surface area contributed by atoms with Crippen LogP contribution in [0.2, 0.25) is 0 Å². The Morgan fingerprint density at radius 2 is 1.90 bits per heavy atom. The molecular formula is C14H24N2O3S. The van der Waals surface area contributed by atoms with Crippen LogP contribution in [-0.2, 0) is 9.84 Å². The van der Waals surface area contributed by atoms with Crippen LogP contribution in [0.4, 0.5) is 5.69 Å². The molecule has 20 heavy (non-hydrogen) atoms. The molecule has 114 valence electrons. The van der Waals surface area contributed by atoms with Gasteiger partial charge >= 0.3 is 0 Å². The van der Waals surface area contributed by atoms with Crippen molar-refractivity contribution in [3.8, 4) is 0 Å². The lowest BCUT2D eigenvalue weighted by molar-refractivity contribution is 0.302. The van der Waals surface area contributed by atoms with Gasteiger partial charge in [-0.2, -0.15) is 0 Å². The van der Waals surface area contributed by atoms with Crippen LogP contribution in [-0.4, -0.2) is 43.0 Å². The number of aromatic nitrogens is 1. The Hall–Kier alpha value is -1.14. The first-order chi connectivity index (χ1) is 9.24. The average Bonchev–Trinajstić information content (AvgIpc) is 2.37. The molecular weight excluding hydrogens is 276 g/mol. The number of hydrogen-bond acceptors (Lipinski definition) is 5. The highest BCUT2D eigenvalue weighted by Gasteiger charge is 2.32.